The van der Waals surface area contributed by atoms with Crippen LogP contribution < -0.4 is 20.1 Å². The highest BCUT2D eigenvalue weighted by molar-refractivity contribution is 7.92. The van der Waals surface area contributed by atoms with Gasteiger partial charge in [0.15, 0.2) is 11.6 Å². The van der Waals surface area contributed by atoms with Crippen LogP contribution in [0.4, 0.5) is 23.0 Å². The van der Waals surface area contributed by atoms with Gasteiger partial charge in [-0.2, -0.15) is 0 Å². The number of anilines is 4. The monoisotopic (exact) mass is 623 g/mol. The molecule has 0 fully saturated rings. The lowest BCUT2D eigenvalue weighted by molar-refractivity contribution is 0.102. The second-order valence-corrected chi connectivity index (χ2v) is 11.5. The van der Waals surface area contributed by atoms with Crippen LogP contribution in [0.25, 0.3) is 11.0 Å². The van der Waals surface area contributed by atoms with Crippen LogP contribution in [0.3, 0.4) is 0 Å². The maximum atomic E-state index is 13.5. The second kappa shape index (κ2) is 12.2. The quantitative estimate of drug-likeness (QED) is 0.151. The van der Waals surface area contributed by atoms with Crippen molar-refractivity contribution in [2.75, 3.05) is 22.5 Å². The molecule has 0 aliphatic carbocycles. The van der Waals surface area contributed by atoms with E-state index in [1.807, 2.05) is 0 Å². The number of amides is 1. The summed E-state index contributed by atoms with van der Waals surface area (Å²) < 4.78 is 34.9. The SMILES string of the molecule is COc1cc(CO)cc(Nc2nc3ccccc3nc2NS(=O)(=O)c2cccc(NC(=O)c3cc(Cl)ccc3Cl)c2)c1. The van der Waals surface area contributed by atoms with Crippen LogP contribution >= 0.6 is 23.2 Å². The van der Waals surface area contributed by atoms with Crippen molar-refractivity contribution in [2.45, 2.75) is 11.5 Å². The number of carbonyl (C=O) groups is 1. The summed E-state index contributed by atoms with van der Waals surface area (Å²) in [6.07, 6.45) is 0. The first-order chi connectivity index (χ1) is 20.1. The third-order valence-corrected chi connectivity index (χ3v) is 7.93. The van der Waals surface area contributed by atoms with Crippen LogP contribution in [-0.4, -0.2) is 36.5 Å². The maximum Gasteiger partial charge on any atom is 0.263 e. The Bertz CT molecular complexity index is 1900. The van der Waals surface area contributed by atoms with Gasteiger partial charge in [-0.25, -0.2) is 18.4 Å². The number of sulfonamides is 1. The molecule has 5 rings (SSSR count). The fourth-order valence-corrected chi connectivity index (χ4v) is 5.46. The first-order valence-corrected chi connectivity index (χ1v) is 14.6. The minimum absolute atomic E-state index is 0.0674. The van der Waals surface area contributed by atoms with Crippen molar-refractivity contribution >= 4 is 73.2 Å². The average Bonchev–Trinajstić information content (AvgIpc) is 2.98. The number of hydrogen-bond donors (Lipinski definition) is 4. The number of rotatable bonds is 9. The molecular weight excluding hydrogens is 601 g/mol. The molecular formula is C29H23Cl2N5O5S. The van der Waals surface area contributed by atoms with Crippen LogP contribution in [0.15, 0.2) is 89.8 Å². The third kappa shape index (κ3) is 6.55. The molecule has 0 atom stereocenters. The molecule has 1 amide bonds. The van der Waals surface area contributed by atoms with E-state index in [9.17, 15) is 18.3 Å². The number of hydrogen-bond acceptors (Lipinski definition) is 8. The summed E-state index contributed by atoms with van der Waals surface area (Å²) in [5.41, 5.74) is 2.41. The van der Waals surface area contributed by atoms with E-state index >= 15 is 0 Å². The van der Waals surface area contributed by atoms with Crippen molar-refractivity contribution in [3.8, 4) is 5.75 Å². The van der Waals surface area contributed by atoms with Gasteiger partial charge in [-0.1, -0.05) is 41.4 Å². The molecule has 0 aliphatic rings. The Balaban J connectivity index is 1.47. The van der Waals surface area contributed by atoms with E-state index in [4.69, 9.17) is 27.9 Å². The average molecular weight is 625 g/mol. The number of nitrogens with zero attached hydrogens (tertiary/aromatic N) is 2. The van der Waals surface area contributed by atoms with Crippen LogP contribution in [0.1, 0.15) is 15.9 Å². The fourth-order valence-electron chi connectivity index (χ4n) is 4.03. The number of halogens is 2. The number of para-hydroxylation sites is 2. The zero-order chi connectivity index (χ0) is 29.9. The Kier molecular flexibility index (Phi) is 8.46. The zero-order valence-electron chi connectivity index (χ0n) is 21.9. The molecule has 4 N–H and O–H groups in total. The summed E-state index contributed by atoms with van der Waals surface area (Å²) in [6.45, 7) is -0.231. The van der Waals surface area contributed by atoms with Gasteiger partial charge in [0.1, 0.15) is 5.75 Å². The Labute approximate surface area is 251 Å². The Hall–Kier alpha value is -4.42. The van der Waals surface area contributed by atoms with Gasteiger partial charge in [-0.3, -0.25) is 9.52 Å². The summed E-state index contributed by atoms with van der Waals surface area (Å²) in [7, 11) is -2.72. The molecule has 1 aromatic heterocycles. The molecule has 0 radical (unpaired) electrons. The molecule has 0 saturated carbocycles. The number of aliphatic hydroxyl groups excluding tert-OH is 1. The van der Waals surface area contributed by atoms with Crippen molar-refractivity contribution in [3.05, 3.63) is 106 Å². The van der Waals surface area contributed by atoms with Crippen LogP contribution in [0.2, 0.25) is 10.0 Å². The van der Waals surface area contributed by atoms with E-state index in [-0.39, 0.29) is 39.4 Å². The Morgan fingerprint density at radius 3 is 2.33 bits per heavy atom. The van der Waals surface area contributed by atoms with Gasteiger partial charge in [0.25, 0.3) is 15.9 Å². The van der Waals surface area contributed by atoms with Gasteiger partial charge in [-0.15, -0.1) is 0 Å². The molecule has 4 aromatic carbocycles. The van der Waals surface area contributed by atoms with Crippen LogP contribution in [0, 0.1) is 0 Å². The number of nitrogens with one attached hydrogen (secondary N) is 3. The number of benzene rings is 4. The summed E-state index contributed by atoms with van der Waals surface area (Å²) in [6, 6.07) is 22.2. The highest BCUT2D eigenvalue weighted by Gasteiger charge is 2.21. The number of ether oxygens (including phenoxy) is 1. The van der Waals surface area contributed by atoms with Gasteiger partial charge in [0.2, 0.25) is 0 Å². The number of aliphatic hydroxyl groups is 1. The van der Waals surface area contributed by atoms with E-state index < -0.39 is 15.9 Å². The lowest BCUT2D eigenvalue weighted by Crippen LogP contribution is -2.17. The van der Waals surface area contributed by atoms with Crippen molar-refractivity contribution in [2.24, 2.45) is 0 Å². The van der Waals surface area contributed by atoms with Crippen molar-refractivity contribution in [1.29, 1.82) is 0 Å². The van der Waals surface area contributed by atoms with E-state index in [1.54, 1.807) is 54.6 Å². The molecule has 42 heavy (non-hydrogen) atoms. The van der Waals surface area contributed by atoms with Gasteiger partial charge < -0.3 is 20.5 Å². The summed E-state index contributed by atoms with van der Waals surface area (Å²) in [5.74, 6) is -0.0213. The summed E-state index contributed by atoms with van der Waals surface area (Å²) in [4.78, 5) is 21.7. The van der Waals surface area contributed by atoms with Crippen molar-refractivity contribution in [1.82, 2.24) is 9.97 Å². The van der Waals surface area contributed by atoms with E-state index in [2.05, 4.69) is 25.3 Å². The van der Waals surface area contributed by atoms with Crippen LogP contribution in [0.5, 0.6) is 5.75 Å². The van der Waals surface area contributed by atoms with Crippen molar-refractivity contribution in [3.63, 3.8) is 0 Å². The lowest BCUT2D eigenvalue weighted by atomic mass is 10.2. The van der Waals surface area contributed by atoms with Gasteiger partial charge in [0.05, 0.1) is 40.2 Å². The molecule has 214 valence electrons. The fraction of sp³-hybridized carbons (Fsp3) is 0.0690. The maximum absolute atomic E-state index is 13.5. The normalized spacial score (nSPS) is 11.2. The largest absolute Gasteiger partial charge is 0.497 e. The summed E-state index contributed by atoms with van der Waals surface area (Å²) >= 11 is 12.1. The van der Waals surface area contributed by atoms with E-state index in [1.165, 1.54) is 37.4 Å². The standard InChI is InChI=1S/C29H23Cl2N5O5S/c1-41-21-12-17(16-37)11-20(14-21)32-27-28(35-26-8-3-2-7-25(26)34-27)36-42(39,40)22-6-4-5-19(15-22)33-29(38)23-13-18(30)9-10-24(23)31/h2-15,37H,16H2,1H3,(H,32,34)(H,33,38)(H,35,36). The number of fused-ring (bicyclic) bond motifs is 1. The molecule has 0 spiro atoms. The predicted octanol–water partition coefficient (Wildman–Crippen LogP) is 6.23. The second-order valence-electron chi connectivity index (χ2n) is 8.97. The van der Waals surface area contributed by atoms with Gasteiger partial charge >= 0.3 is 0 Å². The molecule has 0 bridgehead atoms. The predicted molar refractivity (Wildman–Crippen MR) is 163 cm³/mol. The molecule has 1 heterocycles. The minimum atomic E-state index is -4.22. The molecule has 0 unspecified atom stereocenters. The minimum Gasteiger partial charge on any atom is -0.497 e. The molecule has 13 heteroatoms. The molecule has 10 nitrogen and oxygen atoms in total. The number of aromatic nitrogens is 2. The topological polar surface area (TPSA) is 143 Å². The Morgan fingerprint density at radius 2 is 1.62 bits per heavy atom. The number of methoxy groups -OCH3 is 1. The first kappa shape index (κ1) is 29.1. The zero-order valence-corrected chi connectivity index (χ0v) is 24.3. The smallest absolute Gasteiger partial charge is 0.263 e. The number of carbonyl (C=O) groups excluding carboxylic acids is 1. The van der Waals surface area contributed by atoms with Gasteiger partial charge in [-0.05, 0) is 66.2 Å². The third-order valence-electron chi connectivity index (χ3n) is 6.02. The van der Waals surface area contributed by atoms with Gasteiger partial charge in [0, 0.05) is 22.5 Å². The molecule has 0 saturated heterocycles. The lowest BCUT2D eigenvalue weighted by Gasteiger charge is -2.15. The highest BCUT2D eigenvalue weighted by atomic mass is 35.5. The Morgan fingerprint density at radius 1 is 0.881 bits per heavy atom. The summed E-state index contributed by atoms with van der Waals surface area (Å²) in [5, 5.41) is 15.9. The first-order valence-electron chi connectivity index (χ1n) is 12.4. The van der Waals surface area contributed by atoms with Crippen molar-refractivity contribution < 1.29 is 23.1 Å². The molecule has 5 aromatic rings. The van der Waals surface area contributed by atoms with E-state index in [0.717, 1.165) is 0 Å². The van der Waals surface area contributed by atoms with Crippen LogP contribution in [-0.2, 0) is 16.6 Å². The molecule has 0 aliphatic heterocycles. The van der Waals surface area contributed by atoms with E-state index in [0.29, 0.717) is 33.1 Å². The highest BCUT2D eigenvalue weighted by Crippen LogP contribution is 2.30.